The van der Waals surface area contributed by atoms with E-state index in [2.05, 4.69) is 0 Å². The molecule has 1 aliphatic rings. The highest BCUT2D eigenvalue weighted by atomic mass is 19.2. The van der Waals surface area contributed by atoms with E-state index in [1.54, 1.807) is 6.07 Å². The summed E-state index contributed by atoms with van der Waals surface area (Å²) in [5, 5.41) is 0. The first-order valence-corrected chi connectivity index (χ1v) is 4.52. The van der Waals surface area contributed by atoms with E-state index in [0.717, 1.165) is 23.6 Å². The van der Waals surface area contributed by atoms with E-state index in [4.69, 9.17) is 0 Å². The number of allylic oxidation sites excluding steroid dienone is 4. The molecule has 1 aliphatic carbocycles. The highest BCUT2D eigenvalue weighted by Gasteiger charge is 2.14. The predicted octanol–water partition coefficient (Wildman–Crippen LogP) is 3.70. The van der Waals surface area contributed by atoms with Gasteiger partial charge in [0.2, 0.25) is 0 Å². The Morgan fingerprint density at radius 3 is 2.57 bits per heavy atom. The largest absolute Gasteiger partial charge is 0.204 e. The van der Waals surface area contributed by atoms with Crippen LogP contribution < -0.4 is 0 Å². The molecule has 0 nitrogen and oxygen atoms in total. The van der Waals surface area contributed by atoms with Gasteiger partial charge in [-0.25, -0.2) is 8.78 Å². The molecule has 1 aromatic carbocycles. The molecule has 0 unspecified atom stereocenters. The molecule has 0 heterocycles. The number of rotatable bonds is 1. The zero-order chi connectivity index (χ0) is 10.1. The van der Waals surface area contributed by atoms with E-state index in [1.807, 2.05) is 19.1 Å². The summed E-state index contributed by atoms with van der Waals surface area (Å²) in [6.45, 7) is 1.91. The van der Waals surface area contributed by atoms with Gasteiger partial charge in [-0.1, -0.05) is 24.3 Å². The van der Waals surface area contributed by atoms with Crippen molar-refractivity contribution in [3.05, 3.63) is 53.1 Å². The highest BCUT2D eigenvalue weighted by molar-refractivity contribution is 5.81. The van der Waals surface area contributed by atoms with Crippen molar-refractivity contribution in [2.75, 3.05) is 0 Å². The zero-order valence-electron chi connectivity index (χ0n) is 7.85. The second-order valence-corrected chi connectivity index (χ2v) is 3.34. The molecule has 0 radical (unpaired) electrons. The van der Waals surface area contributed by atoms with Gasteiger partial charge in [-0.05, 0) is 30.6 Å². The molecule has 2 heteroatoms. The molecule has 0 amide bonds. The van der Waals surface area contributed by atoms with Crippen molar-refractivity contribution in [2.24, 2.45) is 0 Å². The molecule has 0 spiro atoms. The Labute approximate surface area is 81.6 Å². The normalized spacial score (nSPS) is 15.4. The number of halogens is 2. The van der Waals surface area contributed by atoms with Crippen molar-refractivity contribution in [1.29, 1.82) is 0 Å². The average molecular weight is 192 g/mol. The van der Waals surface area contributed by atoms with Crippen molar-refractivity contribution in [3.8, 4) is 0 Å². The maximum atomic E-state index is 13.4. The van der Waals surface area contributed by atoms with Crippen molar-refractivity contribution in [1.82, 2.24) is 0 Å². The summed E-state index contributed by atoms with van der Waals surface area (Å²) < 4.78 is 26.3. The van der Waals surface area contributed by atoms with Gasteiger partial charge in [-0.2, -0.15) is 0 Å². The minimum absolute atomic E-state index is 0.358. The van der Waals surface area contributed by atoms with Crippen LogP contribution in [0.1, 0.15) is 18.9 Å². The summed E-state index contributed by atoms with van der Waals surface area (Å²) in [7, 11) is 0. The zero-order valence-corrected chi connectivity index (χ0v) is 7.85. The van der Waals surface area contributed by atoms with Crippen molar-refractivity contribution < 1.29 is 8.78 Å². The van der Waals surface area contributed by atoms with Crippen LogP contribution in [0.4, 0.5) is 8.78 Å². The van der Waals surface area contributed by atoms with Gasteiger partial charge in [0.15, 0.2) is 11.6 Å². The molecule has 0 saturated carbocycles. The van der Waals surface area contributed by atoms with Crippen molar-refractivity contribution in [3.63, 3.8) is 0 Å². The molecular formula is C12H10F2. The fraction of sp³-hybridized carbons (Fsp3) is 0.167. The minimum atomic E-state index is -0.789. The Kier molecular flexibility index (Phi) is 2.20. The lowest BCUT2D eigenvalue weighted by molar-refractivity contribution is 0.506. The third kappa shape index (κ3) is 1.37. The van der Waals surface area contributed by atoms with Crippen LogP contribution in [0.2, 0.25) is 0 Å². The first-order valence-electron chi connectivity index (χ1n) is 4.52. The maximum absolute atomic E-state index is 13.4. The van der Waals surface area contributed by atoms with E-state index in [-0.39, 0.29) is 0 Å². The van der Waals surface area contributed by atoms with Gasteiger partial charge in [0.25, 0.3) is 0 Å². The Morgan fingerprint density at radius 2 is 1.93 bits per heavy atom. The molecule has 0 fully saturated rings. The average Bonchev–Trinajstić information content (AvgIpc) is 2.57. The quantitative estimate of drug-likeness (QED) is 0.636. The van der Waals surface area contributed by atoms with E-state index in [9.17, 15) is 8.78 Å². The van der Waals surface area contributed by atoms with Gasteiger partial charge in [-0.3, -0.25) is 0 Å². The lowest BCUT2D eigenvalue weighted by atomic mass is 10.0. The molecule has 2 rings (SSSR count). The van der Waals surface area contributed by atoms with Gasteiger partial charge < -0.3 is 0 Å². The highest BCUT2D eigenvalue weighted by Crippen LogP contribution is 2.30. The lowest BCUT2D eigenvalue weighted by Gasteiger charge is -2.06. The third-order valence-electron chi connectivity index (χ3n) is 2.41. The number of hydrogen-bond acceptors (Lipinski definition) is 0. The molecule has 0 aromatic heterocycles. The minimum Gasteiger partial charge on any atom is -0.204 e. The molecule has 0 saturated heterocycles. The van der Waals surface area contributed by atoms with Gasteiger partial charge in [0.05, 0.1) is 0 Å². The molecular weight excluding hydrogens is 182 g/mol. The standard InChI is InChI=1S/C12H10F2/c1-8-4-2-5-9(8)10-6-3-7-11(13)12(10)14/h3-7H,2H2,1H3. The molecule has 14 heavy (non-hydrogen) atoms. The first-order chi connectivity index (χ1) is 6.70. The summed E-state index contributed by atoms with van der Waals surface area (Å²) in [6.07, 6.45) is 4.71. The number of hydrogen-bond donors (Lipinski definition) is 0. The molecule has 0 N–H and O–H groups in total. The summed E-state index contributed by atoms with van der Waals surface area (Å²) in [6, 6.07) is 4.26. The Hall–Kier alpha value is -1.44. The van der Waals surface area contributed by atoms with Gasteiger partial charge in [0.1, 0.15) is 0 Å². The van der Waals surface area contributed by atoms with Crippen LogP contribution >= 0.6 is 0 Å². The van der Waals surface area contributed by atoms with Crippen LogP contribution in [0.15, 0.2) is 35.9 Å². The third-order valence-corrected chi connectivity index (χ3v) is 2.41. The summed E-state index contributed by atoms with van der Waals surface area (Å²) in [5.74, 6) is -1.54. The summed E-state index contributed by atoms with van der Waals surface area (Å²) in [4.78, 5) is 0. The Morgan fingerprint density at radius 1 is 1.14 bits per heavy atom. The van der Waals surface area contributed by atoms with Crippen molar-refractivity contribution in [2.45, 2.75) is 13.3 Å². The van der Waals surface area contributed by atoms with Crippen LogP contribution in [0.5, 0.6) is 0 Å². The molecule has 0 aliphatic heterocycles. The lowest BCUT2D eigenvalue weighted by Crippen LogP contribution is -1.93. The van der Waals surface area contributed by atoms with E-state index < -0.39 is 11.6 Å². The molecule has 0 bridgehead atoms. The molecule has 72 valence electrons. The second kappa shape index (κ2) is 3.37. The van der Waals surface area contributed by atoms with E-state index in [0.29, 0.717) is 5.56 Å². The maximum Gasteiger partial charge on any atom is 0.166 e. The van der Waals surface area contributed by atoms with Gasteiger partial charge in [0, 0.05) is 5.56 Å². The SMILES string of the molecule is CC1=CCC=C1c1cccc(F)c1F. The van der Waals surface area contributed by atoms with E-state index in [1.165, 1.54) is 6.07 Å². The van der Waals surface area contributed by atoms with Gasteiger partial charge in [-0.15, -0.1) is 0 Å². The molecule has 1 aromatic rings. The van der Waals surface area contributed by atoms with Crippen LogP contribution in [0.25, 0.3) is 5.57 Å². The van der Waals surface area contributed by atoms with Gasteiger partial charge >= 0.3 is 0 Å². The fourth-order valence-electron chi connectivity index (χ4n) is 1.66. The monoisotopic (exact) mass is 192 g/mol. The summed E-state index contributed by atoms with van der Waals surface area (Å²) in [5.41, 5.74) is 2.17. The van der Waals surface area contributed by atoms with Crippen LogP contribution in [0.3, 0.4) is 0 Å². The van der Waals surface area contributed by atoms with Crippen LogP contribution in [-0.4, -0.2) is 0 Å². The van der Waals surface area contributed by atoms with Crippen LogP contribution in [-0.2, 0) is 0 Å². The topological polar surface area (TPSA) is 0 Å². The Bertz CT molecular complexity index is 428. The van der Waals surface area contributed by atoms with E-state index >= 15 is 0 Å². The first kappa shape index (κ1) is 9.13. The Balaban J connectivity index is 2.53. The smallest absolute Gasteiger partial charge is 0.166 e. The fourth-order valence-corrected chi connectivity index (χ4v) is 1.66. The second-order valence-electron chi connectivity index (χ2n) is 3.34. The molecule has 0 atom stereocenters. The predicted molar refractivity (Wildman–Crippen MR) is 52.7 cm³/mol. The number of benzene rings is 1. The van der Waals surface area contributed by atoms with Crippen LogP contribution in [0, 0.1) is 11.6 Å². The van der Waals surface area contributed by atoms with Crippen molar-refractivity contribution >= 4 is 5.57 Å². The summed E-state index contributed by atoms with van der Waals surface area (Å²) >= 11 is 0.